The Morgan fingerprint density at radius 3 is 2.30 bits per heavy atom. The van der Waals surface area contributed by atoms with Crippen LogP contribution in [0, 0.1) is 5.82 Å². The summed E-state index contributed by atoms with van der Waals surface area (Å²) in [6.45, 7) is 1.80. The summed E-state index contributed by atoms with van der Waals surface area (Å²) in [5.74, 6) is -0.645. The molecule has 0 fully saturated rings. The second-order valence-electron chi connectivity index (χ2n) is 4.25. The standard InChI is InChI=1S/C14H11Cl2FN2O/c1-8(9-2-4-11(17)5-3-9)18-14(20)10-6-12(15)19-13(16)7-10/h2-8H,1H3,(H,18,20). The van der Waals surface area contributed by atoms with E-state index in [-0.39, 0.29) is 28.1 Å². The number of benzene rings is 1. The summed E-state index contributed by atoms with van der Waals surface area (Å²) in [6.07, 6.45) is 0. The van der Waals surface area contributed by atoms with Crippen molar-refractivity contribution in [2.45, 2.75) is 13.0 Å². The molecule has 1 heterocycles. The first-order valence-corrected chi connectivity index (χ1v) is 6.60. The number of rotatable bonds is 3. The maximum absolute atomic E-state index is 12.8. The van der Waals surface area contributed by atoms with Crippen LogP contribution in [0.25, 0.3) is 0 Å². The normalized spacial score (nSPS) is 12.0. The van der Waals surface area contributed by atoms with E-state index in [9.17, 15) is 9.18 Å². The van der Waals surface area contributed by atoms with E-state index in [1.54, 1.807) is 19.1 Å². The maximum Gasteiger partial charge on any atom is 0.251 e. The number of carbonyl (C=O) groups is 1. The van der Waals surface area contributed by atoms with Crippen LogP contribution in [0.4, 0.5) is 4.39 Å². The van der Waals surface area contributed by atoms with Gasteiger partial charge in [0.15, 0.2) is 0 Å². The summed E-state index contributed by atoms with van der Waals surface area (Å²) in [7, 11) is 0. The first-order valence-electron chi connectivity index (χ1n) is 5.85. The molecule has 0 radical (unpaired) electrons. The number of nitrogens with one attached hydrogen (secondary N) is 1. The van der Waals surface area contributed by atoms with Gasteiger partial charge in [0.25, 0.3) is 5.91 Å². The lowest BCUT2D eigenvalue weighted by Crippen LogP contribution is -2.26. The number of hydrogen-bond acceptors (Lipinski definition) is 2. The van der Waals surface area contributed by atoms with E-state index in [2.05, 4.69) is 10.3 Å². The van der Waals surface area contributed by atoms with E-state index in [0.29, 0.717) is 5.56 Å². The lowest BCUT2D eigenvalue weighted by atomic mass is 10.1. The van der Waals surface area contributed by atoms with Gasteiger partial charge in [-0.15, -0.1) is 0 Å². The van der Waals surface area contributed by atoms with Crippen LogP contribution < -0.4 is 5.32 Å². The third-order valence-electron chi connectivity index (χ3n) is 2.74. The second kappa shape index (κ2) is 6.20. The summed E-state index contributed by atoms with van der Waals surface area (Å²) in [6, 6.07) is 8.52. The predicted molar refractivity (Wildman–Crippen MR) is 76.5 cm³/mol. The highest BCUT2D eigenvalue weighted by Crippen LogP contribution is 2.17. The van der Waals surface area contributed by atoms with E-state index in [4.69, 9.17) is 23.2 Å². The fraction of sp³-hybridized carbons (Fsp3) is 0.143. The molecule has 6 heteroatoms. The van der Waals surface area contributed by atoms with Crippen LogP contribution in [0.15, 0.2) is 36.4 Å². The summed E-state index contributed by atoms with van der Waals surface area (Å²) in [5, 5.41) is 3.08. The highest BCUT2D eigenvalue weighted by molar-refractivity contribution is 6.33. The van der Waals surface area contributed by atoms with Gasteiger partial charge in [0.1, 0.15) is 16.1 Å². The molecule has 1 atom stereocenters. The minimum Gasteiger partial charge on any atom is -0.346 e. The van der Waals surface area contributed by atoms with Crippen LogP contribution >= 0.6 is 23.2 Å². The molecule has 0 spiro atoms. The van der Waals surface area contributed by atoms with E-state index in [1.807, 2.05) is 0 Å². The fourth-order valence-corrected chi connectivity index (χ4v) is 2.17. The average molecular weight is 313 g/mol. The topological polar surface area (TPSA) is 42.0 Å². The zero-order valence-corrected chi connectivity index (χ0v) is 12.0. The van der Waals surface area contributed by atoms with Crippen molar-refractivity contribution in [2.24, 2.45) is 0 Å². The minimum atomic E-state index is -0.326. The maximum atomic E-state index is 12.8. The molecule has 0 saturated carbocycles. The summed E-state index contributed by atoms with van der Waals surface area (Å²) in [4.78, 5) is 15.8. The molecule has 0 bridgehead atoms. The number of pyridine rings is 1. The first kappa shape index (κ1) is 14.8. The van der Waals surface area contributed by atoms with Gasteiger partial charge in [-0.05, 0) is 36.8 Å². The predicted octanol–water partition coefficient (Wildman–Crippen LogP) is 4.02. The molecule has 1 unspecified atom stereocenters. The van der Waals surface area contributed by atoms with Crippen molar-refractivity contribution in [3.63, 3.8) is 0 Å². The Kier molecular flexibility index (Phi) is 4.57. The Morgan fingerprint density at radius 2 is 1.75 bits per heavy atom. The van der Waals surface area contributed by atoms with Crippen molar-refractivity contribution < 1.29 is 9.18 Å². The van der Waals surface area contributed by atoms with Crippen molar-refractivity contribution in [3.05, 3.63) is 63.6 Å². The van der Waals surface area contributed by atoms with Gasteiger partial charge in [-0.3, -0.25) is 4.79 Å². The molecule has 1 amide bonds. The molecule has 20 heavy (non-hydrogen) atoms. The Morgan fingerprint density at radius 1 is 1.20 bits per heavy atom. The summed E-state index contributed by atoms with van der Waals surface area (Å²) in [5.41, 5.74) is 1.12. The Labute approximate surface area is 125 Å². The van der Waals surface area contributed by atoms with Crippen molar-refractivity contribution in [2.75, 3.05) is 0 Å². The van der Waals surface area contributed by atoms with E-state index >= 15 is 0 Å². The van der Waals surface area contributed by atoms with Gasteiger partial charge >= 0.3 is 0 Å². The fourth-order valence-electron chi connectivity index (χ4n) is 1.71. The highest BCUT2D eigenvalue weighted by Gasteiger charge is 2.13. The van der Waals surface area contributed by atoms with Crippen molar-refractivity contribution in [3.8, 4) is 0 Å². The Balaban J connectivity index is 2.12. The molecule has 1 aromatic heterocycles. The van der Waals surface area contributed by atoms with Crippen LogP contribution in [-0.4, -0.2) is 10.9 Å². The van der Waals surface area contributed by atoms with Gasteiger partial charge in [0, 0.05) is 5.56 Å². The number of amides is 1. The molecular formula is C14H11Cl2FN2O. The molecule has 1 aromatic carbocycles. The largest absolute Gasteiger partial charge is 0.346 e. The molecule has 0 aliphatic rings. The molecule has 1 N–H and O–H groups in total. The Bertz CT molecular complexity index is 611. The van der Waals surface area contributed by atoms with Gasteiger partial charge in [-0.1, -0.05) is 35.3 Å². The zero-order chi connectivity index (χ0) is 14.7. The van der Waals surface area contributed by atoms with Crippen LogP contribution in [-0.2, 0) is 0 Å². The molecule has 0 saturated heterocycles. The van der Waals surface area contributed by atoms with E-state index < -0.39 is 0 Å². The van der Waals surface area contributed by atoms with Gasteiger partial charge in [0.2, 0.25) is 0 Å². The number of aromatic nitrogens is 1. The van der Waals surface area contributed by atoms with Crippen molar-refractivity contribution in [1.29, 1.82) is 0 Å². The van der Waals surface area contributed by atoms with E-state index in [1.165, 1.54) is 24.3 Å². The van der Waals surface area contributed by atoms with Crippen molar-refractivity contribution >= 4 is 29.1 Å². The van der Waals surface area contributed by atoms with Crippen molar-refractivity contribution in [1.82, 2.24) is 10.3 Å². The SMILES string of the molecule is CC(NC(=O)c1cc(Cl)nc(Cl)c1)c1ccc(F)cc1. The lowest BCUT2D eigenvalue weighted by Gasteiger charge is -2.14. The summed E-state index contributed by atoms with van der Waals surface area (Å²) >= 11 is 11.5. The van der Waals surface area contributed by atoms with Gasteiger partial charge in [0.05, 0.1) is 6.04 Å². The van der Waals surface area contributed by atoms with Crippen LogP contribution in [0.5, 0.6) is 0 Å². The van der Waals surface area contributed by atoms with Crippen LogP contribution in [0.2, 0.25) is 10.3 Å². The van der Waals surface area contributed by atoms with Crippen LogP contribution in [0.3, 0.4) is 0 Å². The molecule has 0 aliphatic heterocycles. The molecular weight excluding hydrogens is 302 g/mol. The van der Waals surface area contributed by atoms with E-state index in [0.717, 1.165) is 5.56 Å². The van der Waals surface area contributed by atoms with Gasteiger partial charge < -0.3 is 5.32 Å². The third-order valence-corrected chi connectivity index (χ3v) is 3.13. The van der Waals surface area contributed by atoms with Gasteiger partial charge in [-0.25, -0.2) is 9.37 Å². The first-order chi connectivity index (χ1) is 9.45. The molecule has 2 rings (SSSR count). The number of hydrogen-bond donors (Lipinski definition) is 1. The minimum absolute atomic E-state index is 0.150. The second-order valence-corrected chi connectivity index (χ2v) is 5.02. The molecule has 0 aliphatic carbocycles. The lowest BCUT2D eigenvalue weighted by molar-refractivity contribution is 0.0940. The highest BCUT2D eigenvalue weighted by atomic mass is 35.5. The molecule has 3 nitrogen and oxygen atoms in total. The Hall–Kier alpha value is -1.65. The quantitative estimate of drug-likeness (QED) is 0.870. The molecule has 2 aromatic rings. The number of carbonyl (C=O) groups excluding carboxylic acids is 1. The molecule has 104 valence electrons. The number of nitrogens with zero attached hydrogens (tertiary/aromatic N) is 1. The zero-order valence-electron chi connectivity index (χ0n) is 10.5. The van der Waals surface area contributed by atoms with Crippen LogP contribution in [0.1, 0.15) is 28.9 Å². The summed E-state index contributed by atoms with van der Waals surface area (Å²) < 4.78 is 12.8. The number of halogens is 3. The average Bonchev–Trinajstić information content (AvgIpc) is 2.38. The third kappa shape index (κ3) is 3.68. The van der Waals surface area contributed by atoms with Gasteiger partial charge in [-0.2, -0.15) is 0 Å². The smallest absolute Gasteiger partial charge is 0.251 e. The monoisotopic (exact) mass is 312 g/mol.